The molecule has 2 unspecified atom stereocenters. The van der Waals surface area contributed by atoms with Gasteiger partial charge in [-0.3, -0.25) is 0 Å². The number of fused-ring (bicyclic) bond motifs is 1. The summed E-state index contributed by atoms with van der Waals surface area (Å²) >= 11 is 2.02. The van der Waals surface area contributed by atoms with E-state index in [9.17, 15) is 5.26 Å². The average molecular weight is 297 g/mol. The first kappa shape index (κ1) is 14.2. The molecule has 2 atom stereocenters. The van der Waals surface area contributed by atoms with Gasteiger partial charge in [-0.15, -0.1) is 0 Å². The highest BCUT2D eigenvalue weighted by molar-refractivity contribution is 7.99. The minimum absolute atomic E-state index is 0.468. The third-order valence-corrected chi connectivity index (χ3v) is 5.33. The first-order valence-corrected chi connectivity index (χ1v) is 8.54. The molecule has 1 saturated carbocycles. The number of nitriles is 1. The number of nitrogens with one attached hydrogen (secondary N) is 1. The van der Waals surface area contributed by atoms with Gasteiger partial charge in [-0.2, -0.15) is 17.0 Å². The predicted octanol–water partition coefficient (Wildman–Crippen LogP) is 4.19. The fraction of sp³-hybridized carbons (Fsp3) is 0.412. The third-order valence-electron chi connectivity index (χ3n) is 4.00. The molecule has 1 aromatic heterocycles. The molecule has 0 saturated heterocycles. The van der Waals surface area contributed by atoms with Gasteiger partial charge >= 0.3 is 0 Å². The van der Waals surface area contributed by atoms with Crippen molar-refractivity contribution in [2.24, 2.45) is 0 Å². The van der Waals surface area contributed by atoms with Crippen LogP contribution in [0.3, 0.4) is 0 Å². The van der Waals surface area contributed by atoms with Crippen LogP contribution in [-0.4, -0.2) is 22.0 Å². The highest BCUT2D eigenvalue weighted by Gasteiger charge is 2.27. The summed E-state index contributed by atoms with van der Waals surface area (Å²) in [5, 5.41) is 14.5. The Balaban J connectivity index is 1.89. The van der Waals surface area contributed by atoms with E-state index in [1.807, 2.05) is 42.1 Å². The Bertz CT molecular complexity index is 677. The zero-order valence-electron chi connectivity index (χ0n) is 12.2. The lowest BCUT2D eigenvalue weighted by Gasteiger charge is -2.21. The summed E-state index contributed by atoms with van der Waals surface area (Å²) in [6.45, 7) is 2.21. The molecule has 1 heterocycles. The van der Waals surface area contributed by atoms with Gasteiger partial charge < -0.3 is 5.32 Å². The third kappa shape index (κ3) is 2.98. The number of rotatable bonds is 4. The minimum Gasteiger partial charge on any atom is -0.366 e. The lowest BCUT2D eigenvalue weighted by Crippen LogP contribution is -2.26. The molecule has 1 aromatic carbocycles. The maximum absolute atomic E-state index is 9.35. The van der Waals surface area contributed by atoms with Crippen molar-refractivity contribution in [2.45, 2.75) is 37.5 Å². The van der Waals surface area contributed by atoms with Gasteiger partial charge in [-0.1, -0.05) is 31.5 Å². The van der Waals surface area contributed by atoms with Crippen LogP contribution in [0.15, 0.2) is 30.3 Å². The minimum atomic E-state index is 0.468. The molecule has 0 aliphatic heterocycles. The second-order valence-corrected chi connectivity index (χ2v) is 6.88. The van der Waals surface area contributed by atoms with E-state index in [1.165, 1.54) is 19.3 Å². The molecule has 1 N–H and O–H groups in total. The lowest BCUT2D eigenvalue weighted by molar-refractivity contribution is 0.763. The highest BCUT2D eigenvalue weighted by atomic mass is 32.2. The van der Waals surface area contributed by atoms with Gasteiger partial charge in [-0.05, 0) is 30.7 Å². The molecule has 3 rings (SSSR count). The molecule has 1 fully saturated rings. The number of benzene rings is 1. The topological polar surface area (TPSA) is 48.7 Å². The molecule has 2 aromatic rings. The maximum atomic E-state index is 9.35. The first-order valence-electron chi connectivity index (χ1n) is 7.50. The second kappa shape index (κ2) is 6.36. The molecular weight excluding hydrogens is 278 g/mol. The predicted molar refractivity (Wildman–Crippen MR) is 89.6 cm³/mol. The van der Waals surface area contributed by atoms with Gasteiger partial charge in [0.25, 0.3) is 0 Å². The van der Waals surface area contributed by atoms with E-state index < -0.39 is 0 Å². The van der Waals surface area contributed by atoms with Crippen LogP contribution >= 0.6 is 11.8 Å². The summed E-state index contributed by atoms with van der Waals surface area (Å²) in [5.41, 5.74) is 1.58. The van der Waals surface area contributed by atoms with Crippen molar-refractivity contribution in [1.82, 2.24) is 4.98 Å². The summed E-state index contributed by atoms with van der Waals surface area (Å²) in [6.07, 6.45) is 3.73. The van der Waals surface area contributed by atoms with Crippen LogP contribution in [0, 0.1) is 11.3 Å². The number of hydrogen-bond acceptors (Lipinski definition) is 4. The number of hydrogen-bond donors (Lipinski definition) is 1. The lowest BCUT2D eigenvalue weighted by atomic mass is 10.1. The number of aromatic nitrogens is 1. The van der Waals surface area contributed by atoms with Gasteiger partial charge in [-0.25, -0.2) is 4.98 Å². The molecule has 4 heteroatoms. The number of pyridine rings is 1. The molecule has 0 amide bonds. The quantitative estimate of drug-likeness (QED) is 0.919. The maximum Gasteiger partial charge on any atom is 0.128 e. The summed E-state index contributed by atoms with van der Waals surface area (Å²) in [5.74, 6) is 1.98. The first-order chi connectivity index (χ1) is 10.3. The van der Waals surface area contributed by atoms with E-state index in [-0.39, 0.29) is 0 Å². The average Bonchev–Trinajstić information content (AvgIpc) is 2.94. The van der Waals surface area contributed by atoms with Gasteiger partial charge in [0.2, 0.25) is 0 Å². The number of anilines is 1. The van der Waals surface area contributed by atoms with Crippen molar-refractivity contribution in [3.05, 3.63) is 35.9 Å². The zero-order chi connectivity index (χ0) is 14.7. The molecule has 0 spiro atoms. The van der Waals surface area contributed by atoms with Gasteiger partial charge in [0.1, 0.15) is 5.82 Å². The molecule has 108 valence electrons. The Morgan fingerprint density at radius 1 is 1.38 bits per heavy atom. The van der Waals surface area contributed by atoms with Crippen molar-refractivity contribution in [3.8, 4) is 6.07 Å². The van der Waals surface area contributed by atoms with E-state index in [0.29, 0.717) is 16.9 Å². The number of nitrogens with zero attached hydrogens (tertiary/aromatic N) is 2. The van der Waals surface area contributed by atoms with Gasteiger partial charge in [0, 0.05) is 16.7 Å². The number of thioether (sulfide) groups is 1. The van der Waals surface area contributed by atoms with E-state index in [2.05, 4.69) is 23.3 Å². The van der Waals surface area contributed by atoms with Crippen LogP contribution in [0.25, 0.3) is 10.9 Å². The largest absolute Gasteiger partial charge is 0.366 e. The van der Waals surface area contributed by atoms with Crippen LogP contribution in [0.1, 0.15) is 31.7 Å². The zero-order valence-corrected chi connectivity index (χ0v) is 13.0. The monoisotopic (exact) mass is 297 g/mol. The molecule has 0 bridgehead atoms. The van der Waals surface area contributed by atoms with Crippen molar-refractivity contribution in [1.29, 1.82) is 5.26 Å². The highest BCUT2D eigenvalue weighted by Crippen LogP contribution is 2.32. The summed E-state index contributed by atoms with van der Waals surface area (Å²) in [6, 6.07) is 12.5. The summed E-state index contributed by atoms with van der Waals surface area (Å²) < 4.78 is 0. The normalized spacial score (nSPS) is 21.3. The molecule has 1 aliphatic carbocycles. The van der Waals surface area contributed by atoms with E-state index in [4.69, 9.17) is 0 Å². The van der Waals surface area contributed by atoms with Crippen LogP contribution in [0.5, 0.6) is 0 Å². The molecule has 3 nitrogen and oxygen atoms in total. The van der Waals surface area contributed by atoms with E-state index >= 15 is 0 Å². The van der Waals surface area contributed by atoms with E-state index in [1.54, 1.807) is 0 Å². The second-order valence-electron chi connectivity index (χ2n) is 5.36. The Kier molecular flexibility index (Phi) is 4.31. The van der Waals surface area contributed by atoms with Crippen molar-refractivity contribution in [2.75, 3.05) is 11.1 Å². The van der Waals surface area contributed by atoms with Gasteiger partial charge in [0.15, 0.2) is 0 Å². The Labute approximate surface area is 129 Å². The van der Waals surface area contributed by atoms with Crippen molar-refractivity contribution < 1.29 is 0 Å². The Morgan fingerprint density at radius 2 is 2.24 bits per heavy atom. The van der Waals surface area contributed by atoms with Crippen LogP contribution < -0.4 is 5.32 Å². The standard InChI is InChI=1S/C17H19N3S/c1-2-21-16-9-5-8-15(16)20-17-10-12(11-18)13-6-3-4-7-14(13)19-17/h3-4,6-7,10,15-16H,2,5,8-9H2,1H3,(H,19,20). The SMILES string of the molecule is CCSC1CCCC1Nc1cc(C#N)c2ccccc2n1. The van der Waals surface area contributed by atoms with Crippen molar-refractivity contribution >= 4 is 28.5 Å². The fourth-order valence-electron chi connectivity index (χ4n) is 3.04. The van der Waals surface area contributed by atoms with Crippen LogP contribution in [0.4, 0.5) is 5.82 Å². The smallest absolute Gasteiger partial charge is 0.128 e. The van der Waals surface area contributed by atoms with Crippen LogP contribution in [0.2, 0.25) is 0 Å². The summed E-state index contributed by atoms with van der Waals surface area (Å²) in [4.78, 5) is 4.67. The number of para-hydroxylation sites is 1. The van der Waals surface area contributed by atoms with Crippen LogP contribution in [-0.2, 0) is 0 Å². The summed E-state index contributed by atoms with van der Waals surface area (Å²) in [7, 11) is 0. The van der Waals surface area contributed by atoms with Gasteiger partial charge in [0.05, 0.1) is 17.1 Å². The van der Waals surface area contributed by atoms with Crippen molar-refractivity contribution in [3.63, 3.8) is 0 Å². The Hall–Kier alpha value is -1.73. The Morgan fingerprint density at radius 3 is 3.05 bits per heavy atom. The molecule has 0 radical (unpaired) electrons. The molecule has 21 heavy (non-hydrogen) atoms. The molecular formula is C17H19N3S. The van der Waals surface area contributed by atoms with E-state index in [0.717, 1.165) is 22.5 Å². The molecule has 1 aliphatic rings. The fourth-order valence-corrected chi connectivity index (χ4v) is 4.23.